The maximum absolute atomic E-state index is 13.0. The molecule has 0 spiro atoms. The monoisotopic (exact) mass is 756 g/mol. The quantitative estimate of drug-likeness (QED) is 0.0975. The SMILES string of the molecule is O=S(=O)([O-])C1CCC2C3NC4NC(NC5NC(NC6NC(NC(N3)C2C1S(=O)(=O)[O-])C1CCCCC61)C1CCCCC51)C1CCCCC41.[Na+].[Na+]. The predicted molar refractivity (Wildman–Crippen MR) is 175 cm³/mol. The Morgan fingerprint density at radius 2 is 0.640 bits per heavy atom. The van der Waals surface area contributed by atoms with E-state index in [2.05, 4.69) is 42.5 Å². The van der Waals surface area contributed by atoms with Crippen LogP contribution in [0, 0.1) is 47.3 Å². The molecule has 5 aliphatic heterocycles. The molecule has 4 saturated carbocycles. The van der Waals surface area contributed by atoms with E-state index in [1.54, 1.807) is 0 Å². The zero-order valence-corrected chi connectivity index (χ0v) is 35.2. The van der Waals surface area contributed by atoms with E-state index in [0.29, 0.717) is 41.9 Å². The minimum Gasteiger partial charge on any atom is -0.748 e. The normalized spacial score (nSPS) is 51.6. The first-order chi connectivity index (χ1) is 23.0. The number of nitrogens with one attached hydrogen (secondary N) is 8. The van der Waals surface area contributed by atoms with Crippen molar-refractivity contribution in [2.24, 2.45) is 47.3 Å². The van der Waals surface area contributed by atoms with Gasteiger partial charge in [-0.1, -0.05) is 38.5 Å². The van der Waals surface area contributed by atoms with Gasteiger partial charge in [0.25, 0.3) is 0 Å². The van der Waals surface area contributed by atoms with E-state index in [1.807, 2.05) is 0 Å². The molecule has 4 aliphatic carbocycles. The molecule has 8 N–H and O–H groups in total. The van der Waals surface area contributed by atoms with E-state index >= 15 is 0 Å². The van der Waals surface area contributed by atoms with E-state index < -0.39 is 42.8 Å². The van der Waals surface area contributed by atoms with Crippen LogP contribution in [0.25, 0.3) is 0 Å². The first-order valence-electron chi connectivity index (χ1n) is 19.0. The molecule has 18 unspecified atom stereocenters. The minimum absolute atomic E-state index is 0. The Labute approximate surface area is 341 Å². The van der Waals surface area contributed by atoms with Crippen LogP contribution < -0.4 is 102 Å². The Hall–Kier alpha value is 1.50. The zero-order valence-electron chi connectivity index (χ0n) is 29.6. The van der Waals surface area contributed by atoms with Crippen LogP contribution >= 0.6 is 0 Å². The van der Waals surface area contributed by atoms with Gasteiger partial charge in [-0.25, -0.2) is 16.8 Å². The molecule has 8 bridgehead atoms. The molecule has 0 aromatic rings. The summed E-state index contributed by atoms with van der Waals surface area (Å²) in [4.78, 5) is 0. The van der Waals surface area contributed by atoms with Gasteiger partial charge in [-0.2, -0.15) is 0 Å². The average molecular weight is 757 g/mol. The fourth-order valence-corrected chi connectivity index (χ4v) is 15.7. The standard InChI is InChI=1S/C32H56N8O6S2.2Na/c41-47(42,43)22-14-13-21-23(24(22)48(44,45)46)32-39-30-20-12-6-5-11-19(20)28(37-30)35-26-16-8-2-1-7-15(16)25(33-26)34-27-17-9-3-4-10-18(17)29(36-27)38-31(21)40-32;;/h15-40H,1-14H2,(H,41,42,43)(H,44,45,46);;/q;2*+1/p-2. The smallest absolute Gasteiger partial charge is 0.748 e. The van der Waals surface area contributed by atoms with Gasteiger partial charge in [0, 0.05) is 5.92 Å². The molecule has 272 valence electrons. The topological polar surface area (TPSA) is 211 Å². The summed E-state index contributed by atoms with van der Waals surface area (Å²) >= 11 is 0. The minimum atomic E-state index is -5.12. The summed E-state index contributed by atoms with van der Waals surface area (Å²) in [6, 6.07) is 0. The van der Waals surface area contributed by atoms with Crippen molar-refractivity contribution in [3.63, 3.8) is 0 Å². The second-order valence-electron chi connectivity index (χ2n) is 16.8. The summed E-state index contributed by atoms with van der Waals surface area (Å²) in [7, 11) is -10.1. The Balaban J connectivity index is 0.00000196. The van der Waals surface area contributed by atoms with E-state index in [4.69, 9.17) is 0 Å². The summed E-state index contributed by atoms with van der Waals surface area (Å²) in [5, 5.41) is 27.7. The molecule has 9 rings (SSSR count). The summed E-state index contributed by atoms with van der Waals surface area (Å²) < 4.78 is 76.3. The molecular weight excluding hydrogens is 703 g/mol. The number of rotatable bonds is 2. The van der Waals surface area contributed by atoms with Crippen molar-refractivity contribution in [2.75, 3.05) is 0 Å². The maximum atomic E-state index is 13.0. The van der Waals surface area contributed by atoms with Gasteiger partial charge >= 0.3 is 59.1 Å². The van der Waals surface area contributed by atoms with Crippen molar-refractivity contribution in [3.8, 4) is 0 Å². The molecule has 14 nitrogen and oxygen atoms in total. The van der Waals surface area contributed by atoms with Crippen molar-refractivity contribution in [1.82, 2.24) is 42.5 Å². The maximum Gasteiger partial charge on any atom is 1.00 e. The van der Waals surface area contributed by atoms with Crippen LogP contribution in [0.15, 0.2) is 0 Å². The summed E-state index contributed by atoms with van der Waals surface area (Å²) in [5.74, 6) is 1.42. The van der Waals surface area contributed by atoms with Gasteiger partial charge in [0.2, 0.25) is 0 Å². The second-order valence-corrected chi connectivity index (χ2v) is 19.9. The van der Waals surface area contributed by atoms with Crippen LogP contribution in [0.3, 0.4) is 0 Å². The molecule has 5 heterocycles. The van der Waals surface area contributed by atoms with E-state index in [-0.39, 0.29) is 115 Å². The predicted octanol–water partition coefficient (Wildman–Crippen LogP) is -6.34. The molecule has 18 atom stereocenters. The van der Waals surface area contributed by atoms with Crippen LogP contribution in [0.4, 0.5) is 0 Å². The number of hydrogen-bond donors (Lipinski definition) is 8. The van der Waals surface area contributed by atoms with Gasteiger partial charge in [-0.15, -0.1) is 0 Å². The third-order valence-corrected chi connectivity index (χ3v) is 17.4. The van der Waals surface area contributed by atoms with E-state index in [1.165, 1.54) is 32.1 Å². The van der Waals surface area contributed by atoms with Gasteiger partial charge in [0.05, 0.1) is 80.1 Å². The van der Waals surface area contributed by atoms with Crippen molar-refractivity contribution in [3.05, 3.63) is 0 Å². The van der Waals surface area contributed by atoms with Gasteiger partial charge in [0.15, 0.2) is 0 Å². The summed E-state index contributed by atoms with van der Waals surface area (Å²) in [5.41, 5.74) is 0. The first kappa shape index (κ1) is 39.7. The van der Waals surface area contributed by atoms with Gasteiger partial charge in [-0.05, 0) is 92.8 Å². The van der Waals surface area contributed by atoms with Crippen LogP contribution in [0.1, 0.15) is 89.9 Å². The molecule has 9 fully saturated rings. The second kappa shape index (κ2) is 15.4. The molecule has 0 radical (unpaired) electrons. The van der Waals surface area contributed by atoms with Crippen molar-refractivity contribution < 1.29 is 85.1 Å². The molecule has 50 heavy (non-hydrogen) atoms. The van der Waals surface area contributed by atoms with Crippen LogP contribution in [0.5, 0.6) is 0 Å². The number of hydrogen-bond acceptors (Lipinski definition) is 14. The Bertz CT molecular complexity index is 1450. The van der Waals surface area contributed by atoms with Crippen LogP contribution in [-0.4, -0.2) is 85.8 Å². The van der Waals surface area contributed by atoms with Crippen LogP contribution in [0.2, 0.25) is 0 Å². The van der Waals surface area contributed by atoms with Gasteiger partial charge in [0.1, 0.15) is 0 Å². The largest absolute Gasteiger partial charge is 1.00 e. The Morgan fingerprint density at radius 1 is 0.360 bits per heavy atom. The van der Waals surface area contributed by atoms with E-state index in [9.17, 15) is 25.9 Å². The fourth-order valence-electron chi connectivity index (χ4n) is 12.7. The van der Waals surface area contributed by atoms with Crippen molar-refractivity contribution >= 4 is 20.2 Å². The van der Waals surface area contributed by atoms with Gasteiger partial charge in [-0.3, -0.25) is 42.5 Å². The van der Waals surface area contributed by atoms with Gasteiger partial charge < -0.3 is 9.11 Å². The number of fused-ring (bicyclic) bond motifs is 20. The molecule has 9 aliphatic rings. The molecule has 0 amide bonds. The molecule has 0 aromatic heterocycles. The first-order valence-corrected chi connectivity index (χ1v) is 22.0. The van der Waals surface area contributed by atoms with Crippen molar-refractivity contribution in [2.45, 2.75) is 150 Å². The average Bonchev–Trinajstić information content (AvgIpc) is 3.79. The van der Waals surface area contributed by atoms with Crippen molar-refractivity contribution in [1.29, 1.82) is 0 Å². The third kappa shape index (κ3) is 7.16. The Kier molecular flexibility index (Phi) is 12.3. The third-order valence-electron chi connectivity index (χ3n) is 14.6. The molecular formula is C32H54N8Na2O6S2. The van der Waals surface area contributed by atoms with Crippen LogP contribution in [-0.2, 0) is 20.2 Å². The molecule has 18 heteroatoms. The Morgan fingerprint density at radius 3 is 0.920 bits per heavy atom. The zero-order chi connectivity index (χ0) is 32.9. The fraction of sp³-hybridized carbons (Fsp3) is 1.00. The molecule has 0 aromatic carbocycles. The summed E-state index contributed by atoms with van der Waals surface area (Å²) in [6.45, 7) is 0. The molecule has 5 saturated heterocycles. The van der Waals surface area contributed by atoms with E-state index in [0.717, 1.165) is 44.9 Å². The summed E-state index contributed by atoms with van der Waals surface area (Å²) in [6.07, 6.45) is 13.5.